The van der Waals surface area contributed by atoms with E-state index in [0.29, 0.717) is 0 Å². The maximum Gasteiger partial charge on any atom is 0.469 e. The Morgan fingerprint density at radius 1 is 1.38 bits per heavy atom. The van der Waals surface area contributed by atoms with Crippen LogP contribution in [0.15, 0.2) is 0 Å². The van der Waals surface area contributed by atoms with Crippen molar-refractivity contribution in [1.29, 1.82) is 0 Å². The molecular formula is C4H9O8P. The molecule has 0 aromatic heterocycles. The van der Waals surface area contributed by atoms with E-state index < -0.39 is 32.6 Å². The van der Waals surface area contributed by atoms with E-state index in [-0.39, 0.29) is 0 Å². The average molecular weight is 216 g/mol. The minimum atomic E-state index is -4.75. The highest BCUT2D eigenvalue weighted by molar-refractivity contribution is 7.46. The molecule has 2 atom stereocenters. The van der Waals surface area contributed by atoms with Gasteiger partial charge in [-0.15, -0.1) is 0 Å². The number of aliphatic hydroxyl groups excluding tert-OH is 2. The number of hydrogen-bond donors (Lipinski definition) is 5. The summed E-state index contributed by atoms with van der Waals surface area (Å²) in [5, 5.41) is 25.5. The summed E-state index contributed by atoms with van der Waals surface area (Å²) >= 11 is 0. The Bertz CT molecular complexity index is 220. The molecule has 78 valence electrons. The Morgan fingerprint density at radius 2 is 1.85 bits per heavy atom. The van der Waals surface area contributed by atoms with Gasteiger partial charge in [0.25, 0.3) is 0 Å². The molecule has 0 fully saturated rings. The number of hydrogen-bond acceptors (Lipinski definition) is 5. The van der Waals surface area contributed by atoms with Gasteiger partial charge in [-0.2, -0.15) is 0 Å². The summed E-state index contributed by atoms with van der Waals surface area (Å²) in [6, 6.07) is 0. The predicted octanol–water partition coefficient (Wildman–Crippen LogP) is -2.10. The van der Waals surface area contributed by atoms with Crippen molar-refractivity contribution in [2.45, 2.75) is 12.2 Å². The number of carbonyl (C=O) groups is 1. The summed E-state index contributed by atoms with van der Waals surface area (Å²) in [6.45, 7) is -0.961. The van der Waals surface area contributed by atoms with Crippen molar-refractivity contribution in [1.82, 2.24) is 0 Å². The van der Waals surface area contributed by atoms with Gasteiger partial charge in [-0.3, -0.25) is 4.52 Å². The first-order valence-electron chi connectivity index (χ1n) is 3.03. The molecule has 13 heavy (non-hydrogen) atoms. The highest BCUT2D eigenvalue weighted by Gasteiger charge is 2.26. The summed E-state index contributed by atoms with van der Waals surface area (Å²) in [5.41, 5.74) is 0. The summed E-state index contributed by atoms with van der Waals surface area (Å²) in [4.78, 5) is 26.3. The topological polar surface area (TPSA) is 145 Å². The van der Waals surface area contributed by atoms with Gasteiger partial charge in [-0.25, -0.2) is 9.36 Å². The summed E-state index contributed by atoms with van der Waals surface area (Å²) < 4.78 is 13.8. The van der Waals surface area contributed by atoms with Crippen LogP contribution in [0.2, 0.25) is 0 Å². The van der Waals surface area contributed by atoms with Crippen molar-refractivity contribution in [3.8, 4) is 0 Å². The minimum Gasteiger partial charge on any atom is -0.479 e. The van der Waals surface area contributed by atoms with Gasteiger partial charge in [0.15, 0.2) is 6.10 Å². The third-order valence-corrected chi connectivity index (χ3v) is 1.52. The van der Waals surface area contributed by atoms with E-state index in [1.807, 2.05) is 0 Å². The summed E-state index contributed by atoms with van der Waals surface area (Å²) in [6.07, 6.45) is -4.02. The van der Waals surface area contributed by atoms with Crippen LogP contribution in [0.5, 0.6) is 0 Å². The smallest absolute Gasteiger partial charge is 0.469 e. The van der Waals surface area contributed by atoms with Gasteiger partial charge in [-0.1, -0.05) is 0 Å². The molecule has 0 aromatic rings. The van der Waals surface area contributed by atoms with E-state index in [0.717, 1.165) is 0 Å². The fourth-order valence-electron chi connectivity index (χ4n) is 0.429. The van der Waals surface area contributed by atoms with Crippen LogP contribution in [0, 0.1) is 0 Å². The maximum atomic E-state index is 10.1. The number of carboxylic acids is 1. The molecule has 0 bridgehead atoms. The standard InChI is InChI=1S/C4H9O8P/c5-2(3(6)4(7)8)1-12-13(9,10)11/h2-3,5-6H,1H2,(H,7,8)(H2,9,10,11)/t2-,3+/m1/s1. The van der Waals surface area contributed by atoms with Crippen molar-refractivity contribution >= 4 is 13.8 Å². The van der Waals surface area contributed by atoms with Crippen LogP contribution in [0.1, 0.15) is 0 Å². The van der Waals surface area contributed by atoms with Crippen molar-refractivity contribution < 1.29 is 39.0 Å². The Labute approximate surface area is 72.6 Å². The second kappa shape index (κ2) is 4.66. The van der Waals surface area contributed by atoms with Crippen LogP contribution < -0.4 is 0 Å². The molecule has 0 rings (SSSR count). The largest absolute Gasteiger partial charge is 0.479 e. The van der Waals surface area contributed by atoms with Crippen molar-refractivity contribution in [2.24, 2.45) is 0 Å². The van der Waals surface area contributed by atoms with Crippen molar-refractivity contribution in [3.05, 3.63) is 0 Å². The lowest BCUT2D eigenvalue weighted by Gasteiger charge is -2.13. The molecule has 0 aromatic carbocycles. The van der Waals surface area contributed by atoms with Crippen molar-refractivity contribution in [3.63, 3.8) is 0 Å². The molecule has 0 aliphatic carbocycles. The fraction of sp³-hybridized carbons (Fsp3) is 0.750. The lowest BCUT2D eigenvalue weighted by Crippen LogP contribution is -2.36. The number of aliphatic hydroxyl groups is 2. The normalized spacial score (nSPS) is 16.6. The molecule has 0 amide bonds. The molecule has 0 saturated carbocycles. The molecule has 0 radical (unpaired) electrons. The van der Waals surface area contributed by atoms with Gasteiger partial charge >= 0.3 is 13.8 Å². The zero-order chi connectivity index (χ0) is 10.6. The molecular weight excluding hydrogens is 207 g/mol. The molecule has 0 aliphatic heterocycles. The Morgan fingerprint density at radius 3 is 2.15 bits per heavy atom. The third-order valence-electron chi connectivity index (χ3n) is 1.03. The van der Waals surface area contributed by atoms with Gasteiger partial charge < -0.3 is 25.1 Å². The first-order valence-corrected chi connectivity index (χ1v) is 4.56. The molecule has 5 N–H and O–H groups in total. The van der Waals surface area contributed by atoms with Crippen LogP contribution in [-0.2, 0) is 13.9 Å². The number of aliphatic carboxylic acids is 1. The summed E-state index contributed by atoms with van der Waals surface area (Å²) in [7, 11) is -4.75. The first kappa shape index (κ1) is 12.5. The van der Waals surface area contributed by atoms with Gasteiger partial charge in [0, 0.05) is 0 Å². The minimum absolute atomic E-state index is 0.961. The van der Waals surface area contributed by atoms with Crippen LogP contribution in [0.4, 0.5) is 0 Å². The second-order valence-electron chi connectivity index (χ2n) is 2.14. The molecule has 0 spiro atoms. The number of rotatable bonds is 5. The zero-order valence-electron chi connectivity index (χ0n) is 6.27. The molecule has 8 nitrogen and oxygen atoms in total. The third kappa shape index (κ3) is 5.69. The van der Waals surface area contributed by atoms with E-state index >= 15 is 0 Å². The van der Waals surface area contributed by atoms with E-state index in [2.05, 4.69) is 4.52 Å². The predicted molar refractivity (Wildman–Crippen MR) is 37.6 cm³/mol. The van der Waals surface area contributed by atoms with Gasteiger partial charge in [0.1, 0.15) is 6.10 Å². The number of carboxylic acid groups (broad SMARTS) is 1. The molecule has 0 saturated heterocycles. The highest BCUT2D eigenvalue weighted by atomic mass is 31.2. The van der Waals surface area contributed by atoms with E-state index in [4.69, 9.17) is 25.1 Å². The Kier molecular flexibility index (Phi) is 4.48. The summed E-state index contributed by atoms with van der Waals surface area (Å²) in [5.74, 6) is -1.71. The Hall–Kier alpha value is -0.500. The molecule has 0 unspecified atom stereocenters. The SMILES string of the molecule is O=C(O)[C@@H](O)[C@H](O)COP(=O)(O)O. The lowest BCUT2D eigenvalue weighted by atomic mass is 10.2. The zero-order valence-corrected chi connectivity index (χ0v) is 7.16. The van der Waals surface area contributed by atoms with E-state index in [9.17, 15) is 9.36 Å². The molecule has 9 heteroatoms. The van der Waals surface area contributed by atoms with Gasteiger partial charge in [0.05, 0.1) is 6.61 Å². The monoisotopic (exact) mass is 216 g/mol. The average Bonchev–Trinajstić information content (AvgIpc) is 1.97. The van der Waals surface area contributed by atoms with Crippen LogP contribution in [-0.4, -0.2) is 49.9 Å². The maximum absolute atomic E-state index is 10.1. The lowest BCUT2D eigenvalue weighted by molar-refractivity contribution is -0.154. The van der Waals surface area contributed by atoms with Crippen molar-refractivity contribution in [2.75, 3.05) is 6.61 Å². The van der Waals surface area contributed by atoms with E-state index in [1.165, 1.54) is 0 Å². The van der Waals surface area contributed by atoms with E-state index in [1.54, 1.807) is 0 Å². The number of phosphoric ester groups is 1. The Balaban J connectivity index is 3.95. The molecule has 0 heterocycles. The quantitative estimate of drug-likeness (QED) is 0.328. The fourth-order valence-corrected chi connectivity index (χ4v) is 0.776. The molecule has 0 aliphatic rings. The van der Waals surface area contributed by atoms with Crippen LogP contribution in [0.25, 0.3) is 0 Å². The highest BCUT2D eigenvalue weighted by Crippen LogP contribution is 2.35. The van der Waals surface area contributed by atoms with Crippen LogP contribution in [0.3, 0.4) is 0 Å². The first-order chi connectivity index (χ1) is 5.74. The van der Waals surface area contributed by atoms with Gasteiger partial charge in [-0.05, 0) is 0 Å². The van der Waals surface area contributed by atoms with Gasteiger partial charge in [0.2, 0.25) is 0 Å². The second-order valence-corrected chi connectivity index (χ2v) is 3.38. The van der Waals surface area contributed by atoms with Crippen LogP contribution >= 0.6 is 7.82 Å². The number of phosphoric acid groups is 1.